The normalized spacial score (nSPS) is 21.2. The van der Waals surface area contributed by atoms with Gasteiger partial charge in [0, 0.05) is 16.3 Å². The van der Waals surface area contributed by atoms with Crippen molar-refractivity contribution in [2.75, 3.05) is 12.3 Å². The third kappa shape index (κ3) is 3.62. The van der Waals surface area contributed by atoms with E-state index in [4.69, 9.17) is 11.6 Å². The van der Waals surface area contributed by atoms with Gasteiger partial charge in [-0.25, -0.2) is 4.39 Å². The van der Waals surface area contributed by atoms with Crippen molar-refractivity contribution in [1.29, 1.82) is 0 Å². The zero-order valence-electron chi connectivity index (χ0n) is 10.6. The third-order valence-electron chi connectivity index (χ3n) is 3.33. The second-order valence-electron chi connectivity index (χ2n) is 4.66. The summed E-state index contributed by atoms with van der Waals surface area (Å²) < 4.78 is 13.8. The predicted molar refractivity (Wildman–Crippen MR) is 78.1 cm³/mol. The Labute approximate surface area is 117 Å². The average molecular weight is 288 g/mol. The fourth-order valence-corrected chi connectivity index (χ4v) is 3.99. The van der Waals surface area contributed by atoms with Crippen LogP contribution in [-0.2, 0) is 6.42 Å². The van der Waals surface area contributed by atoms with E-state index < -0.39 is 0 Å². The van der Waals surface area contributed by atoms with Gasteiger partial charge in [-0.1, -0.05) is 24.6 Å². The molecule has 0 bridgehead atoms. The number of rotatable bonds is 5. The number of thioether (sulfide) groups is 1. The summed E-state index contributed by atoms with van der Waals surface area (Å²) in [4.78, 5) is 0. The molecule has 0 radical (unpaired) electrons. The Morgan fingerprint density at radius 3 is 3.00 bits per heavy atom. The van der Waals surface area contributed by atoms with E-state index in [1.807, 2.05) is 17.8 Å². The van der Waals surface area contributed by atoms with Crippen LogP contribution in [0.3, 0.4) is 0 Å². The van der Waals surface area contributed by atoms with Crippen LogP contribution in [0.2, 0.25) is 5.02 Å². The van der Waals surface area contributed by atoms with Crippen molar-refractivity contribution in [1.82, 2.24) is 5.32 Å². The van der Waals surface area contributed by atoms with Gasteiger partial charge in [0.2, 0.25) is 0 Å². The van der Waals surface area contributed by atoms with Gasteiger partial charge in [-0.15, -0.1) is 0 Å². The minimum absolute atomic E-state index is 0.187. The SMILES string of the molecule is CCNC(Cc1ccc(Cl)cc1F)C1CCCS1. The summed E-state index contributed by atoms with van der Waals surface area (Å²) in [6.07, 6.45) is 3.26. The molecule has 0 saturated carbocycles. The lowest BCUT2D eigenvalue weighted by molar-refractivity contribution is 0.484. The van der Waals surface area contributed by atoms with Crippen LogP contribution < -0.4 is 5.32 Å². The van der Waals surface area contributed by atoms with Crippen LogP contribution in [0.4, 0.5) is 4.39 Å². The zero-order chi connectivity index (χ0) is 13.0. The van der Waals surface area contributed by atoms with E-state index in [1.54, 1.807) is 6.07 Å². The molecule has 1 fully saturated rings. The van der Waals surface area contributed by atoms with Crippen LogP contribution >= 0.6 is 23.4 Å². The first kappa shape index (κ1) is 14.2. The van der Waals surface area contributed by atoms with E-state index in [2.05, 4.69) is 12.2 Å². The Morgan fingerprint density at radius 1 is 1.56 bits per heavy atom. The second-order valence-corrected chi connectivity index (χ2v) is 6.44. The molecule has 0 spiro atoms. The van der Waals surface area contributed by atoms with Crippen LogP contribution in [0.5, 0.6) is 0 Å². The minimum Gasteiger partial charge on any atom is -0.313 e. The highest BCUT2D eigenvalue weighted by Crippen LogP contribution is 2.30. The Kier molecular flexibility index (Phi) is 5.34. The molecular weight excluding hydrogens is 269 g/mol. The lowest BCUT2D eigenvalue weighted by Crippen LogP contribution is -2.39. The topological polar surface area (TPSA) is 12.0 Å². The fourth-order valence-electron chi connectivity index (χ4n) is 2.44. The maximum Gasteiger partial charge on any atom is 0.127 e. The minimum atomic E-state index is -0.187. The number of likely N-dealkylation sites (N-methyl/N-ethyl adjacent to an activating group) is 1. The summed E-state index contributed by atoms with van der Waals surface area (Å²) in [7, 11) is 0. The molecule has 2 unspecified atom stereocenters. The first-order chi connectivity index (χ1) is 8.70. The average Bonchev–Trinajstić information content (AvgIpc) is 2.85. The standard InChI is InChI=1S/C14H19ClFNS/c1-2-17-13(14-4-3-7-18-14)8-10-5-6-11(15)9-12(10)16/h5-6,9,13-14,17H,2-4,7-8H2,1H3. The van der Waals surface area contributed by atoms with Crippen molar-refractivity contribution in [3.63, 3.8) is 0 Å². The van der Waals surface area contributed by atoms with Crippen molar-refractivity contribution in [2.45, 2.75) is 37.5 Å². The molecule has 1 N–H and O–H groups in total. The summed E-state index contributed by atoms with van der Waals surface area (Å²) in [6.45, 7) is 3.03. The van der Waals surface area contributed by atoms with Crippen molar-refractivity contribution in [3.8, 4) is 0 Å². The molecule has 100 valence electrons. The summed E-state index contributed by atoms with van der Waals surface area (Å²) >= 11 is 7.79. The molecule has 1 aromatic carbocycles. The maximum absolute atomic E-state index is 13.8. The number of hydrogen-bond acceptors (Lipinski definition) is 2. The molecule has 1 nitrogen and oxygen atoms in total. The Hall–Kier alpha value is -0.250. The highest BCUT2D eigenvalue weighted by atomic mass is 35.5. The Bertz CT molecular complexity index is 393. The van der Waals surface area contributed by atoms with Gasteiger partial charge in [0.15, 0.2) is 0 Å². The molecule has 2 atom stereocenters. The Balaban J connectivity index is 2.07. The molecule has 1 saturated heterocycles. The van der Waals surface area contributed by atoms with Gasteiger partial charge in [-0.2, -0.15) is 11.8 Å². The van der Waals surface area contributed by atoms with E-state index >= 15 is 0 Å². The predicted octanol–water partition coefficient (Wildman–Crippen LogP) is 3.90. The number of halogens is 2. The monoisotopic (exact) mass is 287 g/mol. The molecular formula is C14H19ClFNS. The fraction of sp³-hybridized carbons (Fsp3) is 0.571. The van der Waals surface area contributed by atoms with Crippen molar-refractivity contribution < 1.29 is 4.39 Å². The maximum atomic E-state index is 13.8. The largest absolute Gasteiger partial charge is 0.313 e. The number of nitrogens with one attached hydrogen (secondary N) is 1. The van der Waals surface area contributed by atoms with Crippen LogP contribution in [0, 0.1) is 5.82 Å². The lowest BCUT2D eigenvalue weighted by atomic mass is 10.0. The molecule has 0 aliphatic carbocycles. The molecule has 1 aliphatic rings. The molecule has 1 aliphatic heterocycles. The molecule has 0 amide bonds. The first-order valence-corrected chi connectivity index (χ1v) is 7.92. The van der Waals surface area contributed by atoms with Crippen LogP contribution in [0.1, 0.15) is 25.3 Å². The summed E-state index contributed by atoms with van der Waals surface area (Å²) in [5, 5.41) is 4.57. The van der Waals surface area contributed by atoms with E-state index in [9.17, 15) is 4.39 Å². The zero-order valence-corrected chi connectivity index (χ0v) is 12.2. The second kappa shape index (κ2) is 6.78. The molecule has 1 aromatic rings. The van der Waals surface area contributed by atoms with Gasteiger partial charge in [0.05, 0.1) is 0 Å². The highest BCUT2D eigenvalue weighted by molar-refractivity contribution is 8.00. The van der Waals surface area contributed by atoms with Crippen molar-refractivity contribution in [2.24, 2.45) is 0 Å². The van der Waals surface area contributed by atoms with Gasteiger partial charge in [-0.05, 0) is 49.3 Å². The summed E-state index contributed by atoms with van der Waals surface area (Å²) in [5.41, 5.74) is 0.762. The smallest absolute Gasteiger partial charge is 0.127 e. The molecule has 0 aromatic heterocycles. The van der Waals surface area contributed by atoms with Gasteiger partial charge in [0.1, 0.15) is 5.82 Å². The first-order valence-electron chi connectivity index (χ1n) is 6.49. The Morgan fingerprint density at radius 2 is 2.39 bits per heavy atom. The van der Waals surface area contributed by atoms with Gasteiger partial charge < -0.3 is 5.32 Å². The molecule has 18 heavy (non-hydrogen) atoms. The van der Waals surface area contributed by atoms with Gasteiger partial charge >= 0.3 is 0 Å². The summed E-state index contributed by atoms with van der Waals surface area (Å²) in [5.74, 6) is 1.05. The highest BCUT2D eigenvalue weighted by Gasteiger charge is 2.25. The van der Waals surface area contributed by atoms with Crippen LogP contribution in [-0.4, -0.2) is 23.6 Å². The number of benzene rings is 1. The van der Waals surface area contributed by atoms with Crippen LogP contribution in [0.25, 0.3) is 0 Å². The van der Waals surface area contributed by atoms with E-state index in [1.165, 1.54) is 24.7 Å². The van der Waals surface area contributed by atoms with E-state index in [0.717, 1.165) is 18.5 Å². The van der Waals surface area contributed by atoms with Crippen molar-refractivity contribution in [3.05, 3.63) is 34.6 Å². The number of hydrogen-bond donors (Lipinski definition) is 1. The quantitative estimate of drug-likeness (QED) is 0.882. The van der Waals surface area contributed by atoms with Gasteiger partial charge in [0.25, 0.3) is 0 Å². The van der Waals surface area contributed by atoms with E-state index in [-0.39, 0.29) is 5.82 Å². The van der Waals surface area contributed by atoms with Crippen LogP contribution in [0.15, 0.2) is 18.2 Å². The molecule has 2 rings (SSSR count). The van der Waals surface area contributed by atoms with Gasteiger partial charge in [-0.3, -0.25) is 0 Å². The van der Waals surface area contributed by atoms with Crippen molar-refractivity contribution >= 4 is 23.4 Å². The third-order valence-corrected chi connectivity index (χ3v) is 5.09. The molecule has 4 heteroatoms. The summed E-state index contributed by atoms with van der Waals surface area (Å²) in [6, 6.07) is 5.34. The molecule has 1 heterocycles. The lowest BCUT2D eigenvalue weighted by Gasteiger charge is -2.24. The van der Waals surface area contributed by atoms with E-state index in [0.29, 0.717) is 16.3 Å².